The van der Waals surface area contributed by atoms with E-state index >= 15 is 0 Å². The first-order chi connectivity index (χ1) is 7.84. The van der Waals surface area contributed by atoms with Gasteiger partial charge < -0.3 is 29.5 Å². The minimum atomic E-state index is -1.79. The molecule has 0 bridgehead atoms. The van der Waals surface area contributed by atoms with Crippen LogP contribution < -0.4 is 0 Å². The van der Waals surface area contributed by atoms with Crippen molar-refractivity contribution in [2.75, 3.05) is 6.61 Å². The van der Waals surface area contributed by atoms with Crippen molar-refractivity contribution >= 4 is 34.8 Å². The van der Waals surface area contributed by atoms with Crippen molar-refractivity contribution in [3.8, 4) is 0 Å². The zero-order valence-electron chi connectivity index (χ0n) is 8.37. The van der Waals surface area contributed by atoms with Crippen molar-refractivity contribution in [2.45, 2.75) is 40.8 Å². The van der Waals surface area contributed by atoms with Crippen LogP contribution in [0.15, 0.2) is 0 Å². The van der Waals surface area contributed by atoms with Crippen LogP contribution in [0.2, 0.25) is 0 Å². The van der Waals surface area contributed by atoms with Crippen LogP contribution in [-0.4, -0.2) is 62.7 Å². The third-order valence-electron chi connectivity index (χ3n) is 2.60. The van der Waals surface area contributed by atoms with Crippen LogP contribution in [0.1, 0.15) is 0 Å². The van der Waals surface area contributed by atoms with E-state index in [1.807, 2.05) is 0 Å². The predicted octanol–water partition coefficient (Wildman–Crippen LogP) is -0.463. The van der Waals surface area contributed by atoms with E-state index in [1.54, 1.807) is 0 Å². The minimum Gasteiger partial charge on any atom is -0.394 e. The van der Waals surface area contributed by atoms with Crippen molar-refractivity contribution in [1.29, 1.82) is 0 Å². The second-order valence-corrected chi connectivity index (χ2v) is 6.19. The zero-order chi connectivity index (χ0) is 12.8. The van der Waals surface area contributed by atoms with E-state index in [-0.39, 0.29) is 0 Å². The molecular formula is C8H11Cl3O6. The molecule has 0 spiro atoms. The van der Waals surface area contributed by atoms with Gasteiger partial charge in [0.15, 0.2) is 6.29 Å². The lowest BCUT2D eigenvalue weighted by atomic mass is 10.1. The van der Waals surface area contributed by atoms with Crippen LogP contribution in [0.4, 0.5) is 0 Å². The van der Waals surface area contributed by atoms with Gasteiger partial charge in [-0.1, -0.05) is 34.8 Å². The Morgan fingerprint density at radius 3 is 2.29 bits per heavy atom. The lowest BCUT2D eigenvalue weighted by molar-refractivity contribution is -0.188. The van der Waals surface area contributed by atoms with Crippen LogP contribution in [-0.2, 0) is 14.2 Å². The summed E-state index contributed by atoms with van der Waals surface area (Å²) < 4.78 is 13.8. The molecular weight excluding hydrogens is 298 g/mol. The summed E-state index contributed by atoms with van der Waals surface area (Å²) in [6, 6.07) is 0. The molecule has 2 aliphatic heterocycles. The second-order valence-electron chi connectivity index (χ2n) is 3.82. The normalized spacial score (nSPS) is 43.8. The molecule has 0 aromatic carbocycles. The molecule has 2 rings (SSSR count). The maximum atomic E-state index is 9.81. The number of alkyl halides is 3. The summed E-state index contributed by atoms with van der Waals surface area (Å²) in [5, 5.41) is 28.0. The van der Waals surface area contributed by atoms with Crippen LogP contribution in [0, 0.1) is 0 Å². The summed E-state index contributed by atoms with van der Waals surface area (Å²) >= 11 is 16.7. The van der Waals surface area contributed by atoms with Crippen LogP contribution in [0.5, 0.6) is 0 Å². The highest BCUT2D eigenvalue weighted by Crippen LogP contribution is 2.42. The molecule has 2 saturated heterocycles. The lowest BCUT2D eigenvalue weighted by Crippen LogP contribution is -2.42. The molecule has 9 heteroatoms. The third-order valence-corrected chi connectivity index (χ3v) is 3.14. The summed E-state index contributed by atoms with van der Waals surface area (Å²) in [4.78, 5) is 0. The Hall–Kier alpha value is 0.630. The van der Waals surface area contributed by atoms with Gasteiger partial charge in [0, 0.05) is 0 Å². The number of hydrogen-bond donors (Lipinski definition) is 3. The second kappa shape index (κ2) is 4.96. The molecule has 6 atom stereocenters. The van der Waals surface area contributed by atoms with Crippen molar-refractivity contribution in [3.05, 3.63) is 0 Å². The van der Waals surface area contributed by atoms with E-state index < -0.39 is 47.4 Å². The Kier molecular flexibility index (Phi) is 4.10. The Morgan fingerprint density at radius 2 is 1.82 bits per heavy atom. The van der Waals surface area contributed by atoms with Crippen LogP contribution in [0.3, 0.4) is 0 Å². The van der Waals surface area contributed by atoms with Crippen molar-refractivity contribution in [3.63, 3.8) is 0 Å². The Bertz CT molecular complexity index is 285. The van der Waals surface area contributed by atoms with E-state index in [2.05, 4.69) is 0 Å². The summed E-state index contributed by atoms with van der Waals surface area (Å²) in [6.45, 7) is -0.547. The molecule has 2 aliphatic rings. The van der Waals surface area contributed by atoms with Crippen molar-refractivity contribution < 1.29 is 29.5 Å². The monoisotopic (exact) mass is 308 g/mol. The SMILES string of the molecule is OC[C@@H](O)[C@@H]1O[C@H]2O[C@@H](C(Cl)(Cl)Cl)O[C@@H]2[C@@H]1O. The largest absolute Gasteiger partial charge is 0.394 e. The van der Waals surface area contributed by atoms with Crippen LogP contribution in [0.25, 0.3) is 0 Å². The summed E-state index contributed by atoms with van der Waals surface area (Å²) in [5.74, 6) is 0. The fraction of sp³-hybridized carbons (Fsp3) is 1.00. The predicted molar refractivity (Wildman–Crippen MR) is 57.8 cm³/mol. The summed E-state index contributed by atoms with van der Waals surface area (Å²) in [7, 11) is 0. The maximum Gasteiger partial charge on any atom is 0.241 e. The lowest BCUT2D eigenvalue weighted by Gasteiger charge is -2.24. The molecule has 0 saturated carbocycles. The number of hydrogen-bond acceptors (Lipinski definition) is 6. The van der Waals surface area contributed by atoms with Gasteiger partial charge >= 0.3 is 0 Å². The van der Waals surface area contributed by atoms with Gasteiger partial charge in [0.25, 0.3) is 0 Å². The molecule has 0 amide bonds. The molecule has 3 N–H and O–H groups in total. The molecule has 0 aromatic heterocycles. The van der Waals surface area contributed by atoms with E-state index in [1.165, 1.54) is 0 Å². The van der Waals surface area contributed by atoms with Gasteiger partial charge in [-0.3, -0.25) is 0 Å². The summed E-state index contributed by atoms with van der Waals surface area (Å²) in [6.07, 6.45) is -6.33. The molecule has 0 aliphatic carbocycles. The number of halogens is 3. The number of rotatable bonds is 2. The molecule has 100 valence electrons. The van der Waals surface area contributed by atoms with Crippen molar-refractivity contribution in [1.82, 2.24) is 0 Å². The average molecular weight is 310 g/mol. The molecule has 6 nitrogen and oxygen atoms in total. The van der Waals surface area contributed by atoms with E-state index in [9.17, 15) is 10.2 Å². The molecule has 2 heterocycles. The Balaban J connectivity index is 2.01. The molecule has 0 radical (unpaired) electrons. The third kappa shape index (κ3) is 2.65. The standard InChI is InChI=1S/C8H11Cl3O6/c9-8(10,11)7-16-5-3(14)4(2(13)1-12)15-6(5)17-7/h2-7,12-14H,1H2/t2-,3-,4+,5-,6+,7+/m1/s1. The molecule has 2 fully saturated rings. The van der Waals surface area contributed by atoms with E-state index in [4.69, 9.17) is 54.1 Å². The Morgan fingerprint density at radius 1 is 1.18 bits per heavy atom. The minimum absolute atomic E-state index is 0.547. The first-order valence-electron chi connectivity index (χ1n) is 4.84. The van der Waals surface area contributed by atoms with Gasteiger partial charge in [-0.15, -0.1) is 0 Å². The quantitative estimate of drug-likeness (QED) is 0.598. The number of ether oxygens (including phenoxy) is 3. The Labute approximate surface area is 112 Å². The average Bonchev–Trinajstić information content (AvgIpc) is 2.77. The van der Waals surface area contributed by atoms with Crippen LogP contribution >= 0.6 is 34.8 Å². The number of aliphatic hydroxyl groups is 3. The van der Waals surface area contributed by atoms with Gasteiger partial charge in [0.2, 0.25) is 10.1 Å². The first kappa shape index (κ1) is 14.0. The highest BCUT2D eigenvalue weighted by Gasteiger charge is 2.57. The highest BCUT2D eigenvalue weighted by molar-refractivity contribution is 6.67. The van der Waals surface area contributed by atoms with E-state index in [0.29, 0.717) is 0 Å². The fourth-order valence-electron chi connectivity index (χ4n) is 1.79. The zero-order valence-corrected chi connectivity index (χ0v) is 10.6. The first-order valence-corrected chi connectivity index (χ1v) is 5.98. The topological polar surface area (TPSA) is 88.4 Å². The smallest absolute Gasteiger partial charge is 0.241 e. The van der Waals surface area contributed by atoms with Crippen molar-refractivity contribution in [2.24, 2.45) is 0 Å². The van der Waals surface area contributed by atoms with Gasteiger partial charge in [-0.25, -0.2) is 0 Å². The summed E-state index contributed by atoms with van der Waals surface area (Å²) in [5.41, 5.74) is 0. The van der Waals surface area contributed by atoms with Gasteiger partial charge in [-0.2, -0.15) is 0 Å². The van der Waals surface area contributed by atoms with Gasteiger partial charge in [0.1, 0.15) is 24.4 Å². The van der Waals surface area contributed by atoms with E-state index in [0.717, 1.165) is 0 Å². The molecule has 0 aromatic rings. The number of aliphatic hydroxyl groups excluding tert-OH is 3. The van der Waals surface area contributed by atoms with Gasteiger partial charge in [-0.05, 0) is 0 Å². The fourth-order valence-corrected chi connectivity index (χ4v) is 2.10. The number of fused-ring (bicyclic) bond motifs is 1. The molecule has 17 heavy (non-hydrogen) atoms. The molecule has 0 unspecified atom stereocenters. The van der Waals surface area contributed by atoms with Gasteiger partial charge in [0.05, 0.1) is 6.61 Å². The maximum absolute atomic E-state index is 9.81. The highest BCUT2D eigenvalue weighted by atomic mass is 35.6.